The number of anilines is 2. The van der Waals surface area contributed by atoms with E-state index in [1.54, 1.807) is 19.1 Å². The number of allylic oxidation sites excluding steroid dienone is 6. The van der Waals surface area contributed by atoms with Crippen molar-refractivity contribution in [1.29, 1.82) is 0 Å². The highest BCUT2D eigenvalue weighted by atomic mass is 32.2. The fourth-order valence-electron chi connectivity index (χ4n) is 9.62. The number of unbranched alkanes of at least 4 members (excludes halogenated alkanes) is 3. The van der Waals surface area contributed by atoms with Gasteiger partial charge in [0.05, 0.1) is 21.5 Å². The van der Waals surface area contributed by atoms with Crippen molar-refractivity contribution in [2.24, 2.45) is 0 Å². The molecule has 22 heteroatoms. The summed E-state index contributed by atoms with van der Waals surface area (Å²) in [4.78, 5) is 39.8. The van der Waals surface area contributed by atoms with Crippen molar-refractivity contribution in [1.82, 2.24) is 30.2 Å². The zero-order chi connectivity index (χ0) is 51.5. The third-order valence-electron chi connectivity index (χ3n) is 13.3. The second kappa shape index (κ2) is 21.5. The van der Waals surface area contributed by atoms with Gasteiger partial charge in [0, 0.05) is 73.5 Å². The molecule has 3 aliphatic heterocycles. The second-order valence-corrected chi connectivity index (χ2v) is 21.6. The molecule has 6 N–H and O–H groups in total. The number of nitrogens with zero attached hydrogens (tertiary/aromatic N) is 6. The SMILES string of the molecule is CCNC(=O)[C@H]1O[C@@H](n2cnc3c(NCCCCNC(=O)CCCCC[N+]4=C(/C=C/C=C\C=C5\N(CC)c6ccc(S(=O)(=O)[O-])cc6C5(C)C)C(C)(C)c5cc(S(=O)(=O)O)ccc54)ncnc32)[C@H](O)[C@@H]1O. The third kappa shape index (κ3) is 11.1. The molecular formula is C49H63N9O11S2. The minimum atomic E-state index is -4.62. The van der Waals surface area contributed by atoms with Crippen molar-refractivity contribution in [3.05, 3.63) is 96.3 Å². The van der Waals surface area contributed by atoms with Crippen LogP contribution in [-0.2, 0) is 45.4 Å². The Kier molecular flexibility index (Phi) is 16.0. The van der Waals surface area contributed by atoms with Crippen molar-refractivity contribution < 1.29 is 55.1 Å². The van der Waals surface area contributed by atoms with Crippen molar-refractivity contribution >= 4 is 66.1 Å². The number of imidazole rings is 1. The number of hydrogen-bond donors (Lipinski definition) is 6. The normalized spacial score (nSPS) is 21.2. The number of rotatable bonds is 21. The molecule has 1 saturated heterocycles. The number of aromatic nitrogens is 4. The van der Waals surface area contributed by atoms with Crippen LogP contribution in [0.3, 0.4) is 0 Å². The van der Waals surface area contributed by atoms with E-state index in [9.17, 15) is 45.7 Å². The number of amides is 2. The number of nitrogens with one attached hydrogen (secondary N) is 3. The van der Waals surface area contributed by atoms with E-state index in [1.165, 1.54) is 41.5 Å². The van der Waals surface area contributed by atoms with Crippen LogP contribution < -0.4 is 20.9 Å². The topological polar surface area (TPSA) is 281 Å². The van der Waals surface area contributed by atoms with Crippen LogP contribution in [0.1, 0.15) is 97.4 Å². The van der Waals surface area contributed by atoms with E-state index in [0.29, 0.717) is 75.4 Å². The maximum atomic E-state index is 12.8. The molecule has 1 fully saturated rings. The lowest BCUT2D eigenvalue weighted by molar-refractivity contribution is -0.438. The third-order valence-corrected chi connectivity index (χ3v) is 15.0. The summed E-state index contributed by atoms with van der Waals surface area (Å²) in [5.41, 5.74) is 4.59. The number of fused-ring (bicyclic) bond motifs is 3. The van der Waals surface area contributed by atoms with Crippen LogP contribution in [0.15, 0.2) is 94.9 Å². The summed E-state index contributed by atoms with van der Waals surface area (Å²) in [6.07, 6.45) is 11.2. The lowest BCUT2D eigenvalue weighted by atomic mass is 9.81. The Hall–Kier alpha value is -5.88. The van der Waals surface area contributed by atoms with E-state index in [1.807, 2.05) is 65.0 Å². The number of aliphatic hydroxyl groups excluding tert-OH is 2. The van der Waals surface area contributed by atoms with Gasteiger partial charge in [0.1, 0.15) is 35.2 Å². The Morgan fingerprint density at radius 1 is 0.859 bits per heavy atom. The largest absolute Gasteiger partial charge is 0.744 e. The molecule has 0 unspecified atom stereocenters. The fourth-order valence-corrected chi connectivity index (χ4v) is 10.6. The van der Waals surface area contributed by atoms with E-state index < -0.39 is 61.5 Å². The molecule has 3 aliphatic rings. The molecule has 5 heterocycles. The Morgan fingerprint density at radius 2 is 1.59 bits per heavy atom. The van der Waals surface area contributed by atoms with E-state index in [-0.39, 0.29) is 15.7 Å². The first-order valence-corrected chi connectivity index (χ1v) is 26.6. The first-order chi connectivity index (χ1) is 33.6. The molecule has 382 valence electrons. The first-order valence-electron chi connectivity index (χ1n) is 23.8. The number of carbonyl (C=O) groups is 2. The molecule has 0 aliphatic carbocycles. The highest BCUT2D eigenvalue weighted by molar-refractivity contribution is 7.86. The molecule has 2 amide bonds. The van der Waals surface area contributed by atoms with Crippen LogP contribution in [0.4, 0.5) is 17.2 Å². The van der Waals surface area contributed by atoms with Crippen molar-refractivity contribution in [3.63, 3.8) is 0 Å². The summed E-state index contributed by atoms with van der Waals surface area (Å²) >= 11 is 0. The van der Waals surface area contributed by atoms with Crippen LogP contribution in [0.2, 0.25) is 0 Å². The zero-order valence-electron chi connectivity index (χ0n) is 40.7. The number of ether oxygens (including phenoxy) is 1. The van der Waals surface area contributed by atoms with Crippen molar-refractivity contribution in [2.75, 3.05) is 42.9 Å². The van der Waals surface area contributed by atoms with Gasteiger partial charge in [0.15, 0.2) is 35.0 Å². The summed E-state index contributed by atoms with van der Waals surface area (Å²) in [5.74, 6) is -0.118. The molecule has 71 heavy (non-hydrogen) atoms. The van der Waals surface area contributed by atoms with Crippen LogP contribution in [-0.4, -0.2) is 129 Å². The molecule has 4 atom stereocenters. The minimum absolute atomic E-state index is 0.0497. The number of aliphatic hydroxyl groups is 2. The van der Waals surface area contributed by atoms with Gasteiger partial charge in [-0.3, -0.25) is 18.7 Å². The standard InChI is InChI=1S/C49H63N9O11S2/c1-7-50-46(62)43-41(60)42(61)47(69-43)58-30-55-40-44(53-29-54-45(40)58)52-25-15-14-24-51-39(59)19-13-10-16-26-57-36-23-21-32(71(66,67)68)28-34(36)49(5,6)38(57)18-12-9-11-17-37-48(3,4)33-27-31(70(63,64)65)20-22-35(33)56(37)8-2/h9,11-12,17-18,20-23,27-30,41-43,47,60-61H,7-8,10,13-16,19,24-26H2,1-6H3,(H4-,50,51,52,53,54,59,62,63,64,65,66,67,68)/t41-,42+,43-,47+/m0/s1. The van der Waals surface area contributed by atoms with E-state index >= 15 is 0 Å². The maximum absolute atomic E-state index is 12.8. The highest BCUT2D eigenvalue weighted by Crippen LogP contribution is 2.48. The second-order valence-electron chi connectivity index (χ2n) is 18.8. The summed E-state index contributed by atoms with van der Waals surface area (Å²) in [6.45, 7) is 14.3. The predicted octanol–water partition coefficient (Wildman–Crippen LogP) is 4.49. The Balaban J connectivity index is 0.910. The molecule has 0 saturated carbocycles. The van der Waals surface area contributed by atoms with Crippen molar-refractivity contribution in [2.45, 2.75) is 125 Å². The lowest BCUT2D eigenvalue weighted by Crippen LogP contribution is -2.42. The van der Waals surface area contributed by atoms with Gasteiger partial charge in [-0.25, -0.2) is 23.4 Å². The summed E-state index contributed by atoms with van der Waals surface area (Å²) in [5, 5.41) is 30.0. The van der Waals surface area contributed by atoms with E-state index in [0.717, 1.165) is 46.8 Å². The number of benzene rings is 2. The van der Waals surface area contributed by atoms with Gasteiger partial charge in [-0.05, 0) is 95.3 Å². The zero-order valence-corrected chi connectivity index (χ0v) is 42.3. The molecule has 0 radical (unpaired) electrons. The van der Waals surface area contributed by atoms with Gasteiger partial charge in [0.25, 0.3) is 16.0 Å². The molecule has 2 aromatic heterocycles. The van der Waals surface area contributed by atoms with Gasteiger partial charge in [-0.15, -0.1) is 0 Å². The molecular weight excluding hydrogens is 955 g/mol. The average Bonchev–Trinajstić information content (AvgIpc) is 4.00. The number of hydrogen-bond acceptors (Lipinski definition) is 15. The Morgan fingerprint density at radius 3 is 2.31 bits per heavy atom. The number of carbonyl (C=O) groups excluding carboxylic acids is 2. The molecule has 7 rings (SSSR count). The average molecular weight is 1020 g/mol. The van der Waals surface area contributed by atoms with Crippen LogP contribution in [0.5, 0.6) is 0 Å². The van der Waals surface area contributed by atoms with Gasteiger partial charge in [-0.2, -0.15) is 13.0 Å². The fraction of sp³-hybridized carbons (Fsp3) is 0.469. The monoisotopic (exact) mass is 1020 g/mol. The Bertz CT molecular complexity index is 3020. The molecule has 4 aromatic rings. The quantitative estimate of drug-likeness (QED) is 0.0290. The van der Waals surface area contributed by atoms with E-state index in [4.69, 9.17) is 4.74 Å². The van der Waals surface area contributed by atoms with Crippen LogP contribution in [0.25, 0.3) is 11.2 Å². The Labute approximate surface area is 414 Å². The molecule has 2 aromatic carbocycles. The predicted molar refractivity (Wildman–Crippen MR) is 265 cm³/mol. The van der Waals surface area contributed by atoms with Gasteiger partial charge in [0.2, 0.25) is 11.6 Å². The maximum Gasteiger partial charge on any atom is 0.294 e. The highest BCUT2D eigenvalue weighted by Gasteiger charge is 2.48. The summed E-state index contributed by atoms with van der Waals surface area (Å²) in [6, 6.07) is 9.12. The summed E-state index contributed by atoms with van der Waals surface area (Å²) in [7, 11) is -9.07. The van der Waals surface area contributed by atoms with Gasteiger partial charge >= 0.3 is 0 Å². The van der Waals surface area contributed by atoms with Gasteiger partial charge < -0.3 is 40.4 Å². The molecule has 20 nitrogen and oxygen atoms in total. The minimum Gasteiger partial charge on any atom is -0.744 e. The smallest absolute Gasteiger partial charge is 0.294 e. The first kappa shape index (κ1) is 52.9. The summed E-state index contributed by atoms with van der Waals surface area (Å²) < 4.78 is 79.0. The molecule has 0 bridgehead atoms. The lowest BCUT2D eigenvalue weighted by Gasteiger charge is -2.25. The van der Waals surface area contributed by atoms with Gasteiger partial charge in [-0.1, -0.05) is 32.1 Å². The molecule has 0 spiro atoms. The van der Waals surface area contributed by atoms with Crippen molar-refractivity contribution in [3.8, 4) is 0 Å². The van der Waals surface area contributed by atoms with E-state index in [2.05, 4.69) is 40.4 Å². The number of likely N-dealkylation sites (N-methyl/N-ethyl adjacent to an activating group) is 2. The van der Waals surface area contributed by atoms with Crippen LogP contribution in [0, 0.1) is 0 Å². The van der Waals surface area contributed by atoms with Crippen LogP contribution >= 0.6 is 0 Å².